The minimum atomic E-state index is -0.579. The third-order valence-corrected chi connectivity index (χ3v) is 2.58. The van der Waals surface area contributed by atoms with Crippen molar-refractivity contribution in [3.05, 3.63) is 65.5 Å². The number of halogens is 1. The van der Waals surface area contributed by atoms with Crippen molar-refractivity contribution in [1.29, 1.82) is 0 Å². The molecule has 0 heterocycles. The van der Waals surface area contributed by atoms with Gasteiger partial charge in [0.05, 0.1) is 0 Å². The summed E-state index contributed by atoms with van der Waals surface area (Å²) in [7, 11) is 0. The van der Waals surface area contributed by atoms with Crippen molar-refractivity contribution in [2.24, 2.45) is 5.73 Å². The van der Waals surface area contributed by atoms with Crippen LogP contribution in [0.5, 0.6) is 5.75 Å². The van der Waals surface area contributed by atoms with Crippen molar-refractivity contribution in [3.8, 4) is 5.75 Å². The Morgan fingerprint density at radius 2 is 1.75 bits per heavy atom. The molecule has 2 N–H and O–H groups in total. The van der Waals surface area contributed by atoms with Gasteiger partial charge in [-0.1, -0.05) is 12.1 Å². The van der Waals surface area contributed by atoms with Crippen LogP contribution in [0, 0.1) is 5.82 Å². The Kier molecular flexibility index (Phi) is 4.10. The highest BCUT2D eigenvalue weighted by Crippen LogP contribution is 2.16. The monoisotopic (exact) mass is 273 g/mol. The third kappa shape index (κ3) is 3.41. The molecule has 5 heteroatoms. The van der Waals surface area contributed by atoms with E-state index in [1.165, 1.54) is 18.2 Å². The molecule has 1 amide bonds. The number of ketones is 1. The first-order valence-corrected chi connectivity index (χ1v) is 5.87. The summed E-state index contributed by atoms with van der Waals surface area (Å²) in [5.41, 5.74) is 5.63. The van der Waals surface area contributed by atoms with Gasteiger partial charge >= 0.3 is 0 Å². The Labute approximate surface area is 115 Å². The van der Waals surface area contributed by atoms with E-state index < -0.39 is 11.7 Å². The van der Waals surface area contributed by atoms with Gasteiger partial charge in [-0.15, -0.1) is 0 Å². The average Bonchev–Trinajstić information content (AvgIpc) is 2.45. The molecule has 20 heavy (non-hydrogen) atoms. The summed E-state index contributed by atoms with van der Waals surface area (Å²) in [6.07, 6.45) is 0. The van der Waals surface area contributed by atoms with Crippen LogP contribution in [-0.2, 0) is 4.79 Å². The molecule has 0 radical (unpaired) electrons. The quantitative estimate of drug-likeness (QED) is 0.846. The van der Waals surface area contributed by atoms with E-state index in [0.717, 1.165) is 0 Å². The lowest BCUT2D eigenvalue weighted by Gasteiger charge is -2.05. The molecule has 0 aromatic heterocycles. The second kappa shape index (κ2) is 5.97. The Bertz CT molecular complexity index is 638. The molecule has 0 bridgehead atoms. The molecule has 2 rings (SSSR count). The Balaban J connectivity index is 2.13. The van der Waals surface area contributed by atoms with E-state index in [2.05, 4.69) is 0 Å². The molecule has 0 aliphatic carbocycles. The van der Waals surface area contributed by atoms with Crippen LogP contribution in [0.3, 0.4) is 0 Å². The van der Waals surface area contributed by atoms with Crippen LogP contribution < -0.4 is 10.5 Å². The maximum absolute atomic E-state index is 13.1. The van der Waals surface area contributed by atoms with E-state index in [1.54, 1.807) is 30.3 Å². The second-order valence-electron chi connectivity index (χ2n) is 4.12. The molecule has 2 aromatic carbocycles. The lowest BCUT2D eigenvalue weighted by atomic mass is 10.0. The SMILES string of the molecule is NC(=O)COc1ccc(C(=O)c2cccc(F)c2)cc1. The van der Waals surface area contributed by atoms with Crippen molar-refractivity contribution in [3.63, 3.8) is 0 Å². The molecule has 2 aromatic rings. The number of amides is 1. The molecule has 0 saturated heterocycles. The molecule has 102 valence electrons. The topological polar surface area (TPSA) is 69.4 Å². The molecule has 0 fully saturated rings. The Morgan fingerprint density at radius 1 is 1.05 bits per heavy atom. The van der Waals surface area contributed by atoms with Crippen LogP contribution in [0.25, 0.3) is 0 Å². The summed E-state index contributed by atoms with van der Waals surface area (Å²) in [5.74, 6) is -0.896. The number of nitrogens with two attached hydrogens (primary N) is 1. The fourth-order valence-corrected chi connectivity index (χ4v) is 1.65. The van der Waals surface area contributed by atoms with Gasteiger partial charge in [0.25, 0.3) is 5.91 Å². The van der Waals surface area contributed by atoms with Crippen LogP contribution in [0.2, 0.25) is 0 Å². The van der Waals surface area contributed by atoms with Gasteiger partial charge in [-0.05, 0) is 36.4 Å². The number of hydrogen-bond donors (Lipinski definition) is 1. The molecule has 0 saturated carbocycles. The Hall–Kier alpha value is -2.69. The zero-order valence-electron chi connectivity index (χ0n) is 10.5. The minimum absolute atomic E-state index is 0.225. The van der Waals surface area contributed by atoms with Gasteiger partial charge in [0.1, 0.15) is 11.6 Å². The number of carbonyl (C=O) groups excluding carboxylic acids is 2. The standard InChI is InChI=1S/C15H12FNO3/c16-12-3-1-2-11(8-12)15(19)10-4-6-13(7-5-10)20-9-14(17)18/h1-8H,9H2,(H2,17,18). The number of carbonyl (C=O) groups is 2. The Morgan fingerprint density at radius 3 is 2.35 bits per heavy atom. The van der Waals surface area contributed by atoms with Gasteiger partial charge in [-0.2, -0.15) is 0 Å². The molecule has 0 atom stereocenters. The highest BCUT2D eigenvalue weighted by molar-refractivity contribution is 6.09. The van der Waals surface area contributed by atoms with E-state index in [9.17, 15) is 14.0 Å². The van der Waals surface area contributed by atoms with Gasteiger partial charge in [-0.25, -0.2) is 4.39 Å². The molecule has 0 aliphatic heterocycles. The summed E-state index contributed by atoms with van der Waals surface area (Å²) in [5, 5.41) is 0. The smallest absolute Gasteiger partial charge is 0.255 e. The number of hydrogen-bond acceptors (Lipinski definition) is 3. The van der Waals surface area contributed by atoms with Gasteiger partial charge in [0.2, 0.25) is 0 Å². The molecule has 0 aliphatic rings. The molecule has 0 unspecified atom stereocenters. The van der Waals surface area contributed by atoms with E-state index in [0.29, 0.717) is 11.3 Å². The number of primary amides is 1. The van der Waals surface area contributed by atoms with Crippen LogP contribution in [0.15, 0.2) is 48.5 Å². The molecule has 4 nitrogen and oxygen atoms in total. The van der Waals surface area contributed by atoms with Crippen LogP contribution in [-0.4, -0.2) is 18.3 Å². The predicted molar refractivity (Wildman–Crippen MR) is 71.0 cm³/mol. The van der Waals surface area contributed by atoms with Crippen molar-refractivity contribution < 1.29 is 18.7 Å². The molecular weight excluding hydrogens is 261 g/mol. The van der Waals surface area contributed by atoms with Gasteiger partial charge < -0.3 is 10.5 Å². The summed E-state index contributed by atoms with van der Waals surface area (Å²) in [4.78, 5) is 22.7. The molecular formula is C15H12FNO3. The summed E-state index contributed by atoms with van der Waals surface area (Å²) < 4.78 is 18.1. The van der Waals surface area contributed by atoms with Crippen LogP contribution in [0.1, 0.15) is 15.9 Å². The van der Waals surface area contributed by atoms with Gasteiger partial charge in [0, 0.05) is 11.1 Å². The van der Waals surface area contributed by atoms with Gasteiger partial charge in [-0.3, -0.25) is 9.59 Å². The summed E-state index contributed by atoms with van der Waals surface area (Å²) in [6.45, 7) is -0.225. The van der Waals surface area contributed by atoms with Crippen molar-refractivity contribution in [1.82, 2.24) is 0 Å². The number of benzene rings is 2. The third-order valence-electron chi connectivity index (χ3n) is 2.58. The fourth-order valence-electron chi connectivity index (χ4n) is 1.65. The molecule has 0 spiro atoms. The highest BCUT2D eigenvalue weighted by atomic mass is 19.1. The number of rotatable bonds is 5. The maximum atomic E-state index is 13.1. The van der Waals surface area contributed by atoms with E-state index in [4.69, 9.17) is 10.5 Å². The first-order chi connectivity index (χ1) is 9.56. The van der Waals surface area contributed by atoms with Gasteiger partial charge in [0.15, 0.2) is 12.4 Å². The average molecular weight is 273 g/mol. The first kappa shape index (κ1) is 13.7. The van der Waals surface area contributed by atoms with E-state index >= 15 is 0 Å². The lowest BCUT2D eigenvalue weighted by Crippen LogP contribution is -2.20. The van der Waals surface area contributed by atoms with E-state index in [-0.39, 0.29) is 18.0 Å². The van der Waals surface area contributed by atoms with Crippen molar-refractivity contribution in [2.45, 2.75) is 0 Å². The second-order valence-corrected chi connectivity index (χ2v) is 4.12. The first-order valence-electron chi connectivity index (χ1n) is 5.87. The minimum Gasteiger partial charge on any atom is -0.484 e. The largest absolute Gasteiger partial charge is 0.484 e. The lowest BCUT2D eigenvalue weighted by molar-refractivity contribution is -0.119. The maximum Gasteiger partial charge on any atom is 0.255 e. The highest BCUT2D eigenvalue weighted by Gasteiger charge is 2.09. The van der Waals surface area contributed by atoms with Crippen molar-refractivity contribution in [2.75, 3.05) is 6.61 Å². The summed E-state index contributed by atoms with van der Waals surface area (Å²) >= 11 is 0. The fraction of sp³-hybridized carbons (Fsp3) is 0.0667. The van der Waals surface area contributed by atoms with Crippen LogP contribution >= 0.6 is 0 Å². The zero-order valence-corrected chi connectivity index (χ0v) is 10.5. The zero-order chi connectivity index (χ0) is 14.5. The van der Waals surface area contributed by atoms with E-state index in [1.807, 2.05) is 0 Å². The predicted octanol–water partition coefficient (Wildman–Crippen LogP) is 1.92. The number of ether oxygens (including phenoxy) is 1. The van der Waals surface area contributed by atoms with Crippen LogP contribution in [0.4, 0.5) is 4.39 Å². The summed E-state index contributed by atoms with van der Waals surface area (Å²) in [6, 6.07) is 11.7. The van der Waals surface area contributed by atoms with Crippen molar-refractivity contribution >= 4 is 11.7 Å². The normalized spacial score (nSPS) is 10.1.